The molecular formula is C14H20N4O3. The average Bonchev–Trinajstić information content (AvgIpc) is 3.27. The molecule has 2 aliphatic carbocycles. The number of nitrogens with one attached hydrogen (secondary N) is 1. The molecule has 0 atom stereocenters. The lowest BCUT2D eigenvalue weighted by atomic mass is 10.1. The summed E-state index contributed by atoms with van der Waals surface area (Å²) in [4.78, 5) is 22.7. The lowest BCUT2D eigenvalue weighted by Crippen LogP contribution is -2.40. The van der Waals surface area contributed by atoms with Gasteiger partial charge >= 0.3 is 5.69 Å². The van der Waals surface area contributed by atoms with E-state index in [4.69, 9.17) is 0 Å². The Morgan fingerprint density at radius 3 is 2.38 bits per heavy atom. The summed E-state index contributed by atoms with van der Waals surface area (Å²) in [6, 6.07) is 0.296. The Labute approximate surface area is 122 Å². The minimum absolute atomic E-state index is 0.00346. The summed E-state index contributed by atoms with van der Waals surface area (Å²) in [6.45, 7) is 3.28. The van der Waals surface area contributed by atoms with Crippen LogP contribution in [0.5, 0.6) is 0 Å². The van der Waals surface area contributed by atoms with Crippen LogP contribution in [-0.4, -0.2) is 26.7 Å². The van der Waals surface area contributed by atoms with Crippen molar-refractivity contribution in [3.63, 3.8) is 0 Å². The summed E-state index contributed by atoms with van der Waals surface area (Å²) in [5.74, 6) is 1.17. The number of nitrogens with zero attached hydrogens (tertiary/aromatic N) is 3. The molecule has 1 amide bonds. The van der Waals surface area contributed by atoms with Crippen LogP contribution in [0, 0.1) is 35.8 Å². The number of carbonyl (C=O) groups excluding carboxylic acids is 1. The number of carbonyl (C=O) groups is 1. The zero-order valence-corrected chi connectivity index (χ0v) is 12.3. The zero-order valence-electron chi connectivity index (χ0n) is 12.3. The Morgan fingerprint density at radius 2 is 1.95 bits per heavy atom. The largest absolute Gasteiger partial charge is 0.351 e. The maximum atomic E-state index is 12.2. The van der Waals surface area contributed by atoms with E-state index in [2.05, 4.69) is 10.4 Å². The van der Waals surface area contributed by atoms with Crippen molar-refractivity contribution in [1.82, 2.24) is 15.1 Å². The Morgan fingerprint density at radius 1 is 1.38 bits per heavy atom. The fourth-order valence-electron chi connectivity index (χ4n) is 3.00. The van der Waals surface area contributed by atoms with Gasteiger partial charge in [0.2, 0.25) is 5.91 Å². The van der Waals surface area contributed by atoms with Crippen molar-refractivity contribution in [2.45, 2.75) is 52.1 Å². The van der Waals surface area contributed by atoms with Gasteiger partial charge in [0.15, 0.2) is 0 Å². The molecule has 0 bridgehead atoms. The first-order valence-electron chi connectivity index (χ1n) is 7.45. The lowest BCUT2D eigenvalue weighted by molar-refractivity contribution is -0.386. The van der Waals surface area contributed by atoms with Crippen LogP contribution >= 0.6 is 0 Å². The molecule has 7 nitrogen and oxygen atoms in total. The molecule has 0 radical (unpaired) electrons. The summed E-state index contributed by atoms with van der Waals surface area (Å²) in [5.41, 5.74) is 0.789. The molecule has 1 heterocycles. The van der Waals surface area contributed by atoms with E-state index >= 15 is 0 Å². The van der Waals surface area contributed by atoms with Crippen molar-refractivity contribution in [3.8, 4) is 0 Å². The molecule has 0 unspecified atom stereocenters. The van der Waals surface area contributed by atoms with Gasteiger partial charge in [0.05, 0.1) is 4.92 Å². The third-order valence-corrected chi connectivity index (χ3v) is 4.41. The molecule has 0 aromatic carbocycles. The van der Waals surface area contributed by atoms with E-state index in [1.807, 2.05) is 0 Å². The maximum absolute atomic E-state index is 12.2. The second-order valence-corrected chi connectivity index (χ2v) is 6.20. The molecule has 7 heteroatoms. The van der Waals surface area contributed by atoms with Gasteiger partial charge in [-0.05, 0) is 51.4 Å². The molecule has 21 heavy (non-hydrogen) atoms. The molecular weight excluding hydrogens is 272 g/mol. The SMILES string of the molecule is Cc1nn(CC(=O)NC(C2CC2)C2CC2)c(C)c1[N+](=O)[O-]. The van der Waals surface area contributed by atoms with Crippen molar-refractivity contribution >= 4 is 11.6 Å². The highest BCUT2D eigenvalue weighted by Gasteiger charge is 2.42. The Kier molecular flexibility index (Phi) is 3.43. The van der Waals surface area contributed by atoms with Gasteiger partial charge in [0.1, 0.15) is 17.9 Å². The number of aromatic nitrogens is 2. The molecule has 2 aliphatic rings. The molecule has 1 aromatic rings. The first-order valence-corrected chi connectivity index (χ1v) is 7.45. The number of rotatable bonds is 6. The van der Waals surface area contributed by atoms with E-state index in [1.54, 1.807) is 13.8 Å². The standard InChI is InChI=1S/C14H20N4O3/c1-8-14(18(20)21)9(2)17(16-8)7-12(19)15-13(10-3-4-10)11-5-6-11/h10-11,13H,3-7H2,1-2H3,(H,15,19). The number of hydrogen-bond donors (Lipinski definition) is 1. The molecule has 1 N–H and O–H groups in total. The van der Waals surface area contributed by atoms with Crippen LogP contribution in [0.3, 0.4) is 0 Å². The third-order valence-electron chi connectivity index (χ3n) is 4.41. The smallest absolute Gasteiger partial charge is 0.312 e. The Balaban J connectivity index is 1.67. The van der Waals surface area contributed by atoms with Gasteiger partial charge in [-0.25, -0.2) is 0 Å². The van der Waals surface area contributed by atoms with Gasteiger partial charge in [-0.15, -0.1) is 0 Å². The normalized spacial score (nSPS) is 18.0. The van der Waals surface area contributed by atoms with Crippen LogP contribution in [-0.2, 0) is 11.3 Å². The van der Waals surface area contributed by atoms with E-state index in [0.29, 0.717) is 29.3 Å². The van der Waals surface area contributed by atoms with Gasteiger partial charge < -0.3 is 5.32 Å². The number of hydrogen-bond acceptors (Lipinski definition) is 4. The molecule has 0 saturated heterocycles. The Bertz CT molecular complexity index is 575. The summed E-state index contributed by atoms with van der Waals surface area (Å²) in [7, 11) is 0. The minimum atomic E-state index is -0.441. The second kappa shape index (κ2) is 5.13. The van der Waals surface area contributed by atoms with Crippen LogP contribution in [0.1, 0.15) is 37.1 Å². The van der Waals surface area contributed by atoms with Crippen molar-refractivity contribution in [2.75, 3.05) is 0 Å². The van der Waals surface area contributed by atoms with E-state index in [0.717, 1.165) is 0 Å². The highest BCUT2D eigenvalue weighted by Crippen LogP contribution is 2.44. The van der Waals surface area contributed by atoms with Crippen LogP contribution in [0.4, 0.5) is 5.69 Å². The first kappa shape index (κ1) is 14.0. The third kappa shape index (κ3) is 2.91. The van der Waals surface area contributed by atoms with E-state index in [-0.39, 0.29) is 18.1 Å². The predicted molar refractivity (Wildman–Crippen MR) is 75.7 cm³/mol. The maximum Gasteiger partial charge on any atom is 0.312 e. The topological polar surface area (TPSA) is 90.1 Å². The van der Waals surface area contributed by atoms with Crippen molar-refractivity contribution in [1.29, 1.82) is 0 Å². The molecule has 0 spiro atoms. The molecule has 3 rings (SSSR count). The van der Waals surface area contributed by atoms with Crippen molar-refractivity contribution in [2.24, 2.45) is 11.8 Å². The van der Waals surface area contributed by atoms with E-state index < -0.39 is 4.92 Å². The van der Waals surface area contributed by atoms with E-state index in [9.17, 15) is 14.9 Å². The lowest BCUT2D eigenvalue weighted by Gasteiger charge is -2.17. The first-order chi connectivity index (χ1) is 9.97. The van der Waals surface area contributed by atoms with Crippen LogP contribution in [0.25, 0.3) is 0 Å². The highest BCUT2D eigenvalue weighted by atomic mass is 16.6. The Hall–Kier alpha value is -1.92. The highest BCUT2D eigenvalue weighted by molar-refractivity contribution is 5.76. The minimum Gasteiger partial charge on any atom is -0.351 e. The monoisotopic (exact) mass is 292 g/mol. The summed E-state index contributed by atoms with van der Waals surface area (Å²) < 4.78 is 1.43. The summed E-state index contributed by atoms with van der Waals surface area (Å²) in [5, 5.41) is 18.2. The fraction of sp³-hybridized carbons (Fsp3) is 0.714. The van der Waals surface area contributed by atoms with Crippen LogP contribution in [0.15, 0.2) is 0 Å². The molecule has 2 fully saturated rings. The van der Waals surface area contributed by atoms with Gasteiger partial charge in [0, 0.05) is 6.04 Å². The number of aryl methyl sites for hydroxylation is 1. The second-order valence-electron chi connectivity index (χ2n) is 6.20. The van der Waals surface area contributed by atoms with Crippen LogP contribution in [0.2, 0.25) is 0 Å². The van der Waals surface area contributed by atoms with Crippen molar-refractivity contribution < 1.29 is 9.72 Å². The molecule has 114 valence electrons. The zero-order chi connectivity index (χ0) is 15.1. The number of amides is 1. The molecule has 1 aromatic heterocycles. The van der Waals surface area contributed by atoms with Gasteiger partial charge in [-0.1, -0.05) is 0 Å². The predicted octanol–water partition coefficient (Wildman–Crippen LogP) is 1.71. The number of nitro groups is 1. The molecule has 2 saturated carbocycles. The van der Waals surface area contributed by atoms with E-state index in [1.165, 1.54) is 30.4 Å². The van der Waals surface area contributed by atoms with Crippen LogP contribution < -0.4 is 5.32 Å². The average molecular weight is 292 g/mol. The molecule has 0 aliphatic heterocycles. The quantitative estimate of drug-likeness (QED) is 0.638. The fourth-order valence-corrected chi connectivity index (χ4v) is 3.00. The summed E-state index contributed by atoms with van der Waals surface area (Å²) in [6.07, 6.45) is 4.80. The van der Waals surface area contributed by atoms with Gasteiger partial charge in [-0.3, -0.25) is 19.6 Å². The van der Waals surface area contributed by atoms with Gasteiger partial charge in [0.25, 0.3) is 0 Å². The van der Waals surface area contributed by atoms with Crippen molar-refractivity contribution in [3.05, 3.63) is 21.5 Å². The summed E-state index contributed by atoms with van der Waals surface area (Å²) >= 11 is 0. The van der Waals surface area contributed by atoms with Gasteiger partial charge in [-0.2, -0.15) is 5.10 Å².